The van der Waals surface area contributed by atoms with Gasteiger partial charge in [0.05, 0.1) is 17.8 Å². The van der Waals surface area contributed by atoms with Crippen molar-refractivity contribution in [1.29, 1.82) is 0 Å². The van der Waals surface area contributed by atoms with Crippen molar-refractivity contribution >= 4 is 22.5 Å². The van der Waals surface area contributed by atoms with Gasteiger partial charge >= 0.3 is 0 Å². The molecule has 0 aliphatic carbocycles. The Hall–Kier alpha value is -2.77. The van der Waals surface area contributed by atoms with Gasteiger partial charge in [0.2, 0.25) is 5.91 Å². The van der Waals surface area contributed by atoms with Crippen LogP contribution in [-0.2, 0) is 18.4 Å². The third kappa shape index (κ3) is 4.54. The van der Waals surface area contributed by atoms with E-state index >= 15 is 0 Å². The highest BCUT2D eigenvalue weighted by Gasteiger charge is 2.21. The normalized spacial score (nSPS) is 19.8. The van der Waals surface area contributed by atoms with Crippen LogP contribution >= 0.6 is 0 Å². The summed E-state index contributed by atoms with van der Waals surface area (Å²) in [6.07, 6.45) is 9.67. The molecule has 2 aromatic heterocycles. The summed E-state index contributed by atoms with van der Waals surface area (Å²) in [6.45, 7) is 4.98. The van der Waals surface area contributed by atoms with E-state index in [2.05, 4.69) is 43.8 Å². The van der Waals surface area contributed by atoms with Crippen molar-refractivity contribution in [2.75, 3.05) is 31.5 Å². The van der Waals surface area contributed by atoms with E-state index in [0.717, 1.165) is 61.9 Å². The fourth-order valence-electron chi connectivity index (χ4n) is 4.90. The highest BCUT2D eigenvalue weighted by Crippen LogP contribution is 2.29. The molecule has 1 amide bonds. The molecule has 1 aromatic carbocycles. The Morgan fingerprint density at radius 1 is 1.12 bits per heavy atom. The van der Waals surface area contributed by atoms with Crippen LogP contribution in [0.2, 0.25) is 0 Å². The lowest BCUT2D eigenvalue weighted by atomic mass is 9.99. The Balaban J connectivity index is 1.39. The Morgan fingerprint density at radius 2 is 2.00 bits per heavy atom. The summed E-state index contributed by atoms with van der Waals surface area (Å²) in [5.74, 6) is 0.682. The lowest BCUT2D eigenvalue weighted by Gasteiger charge is -2.26. The lowest BCUT2D eigenvalue weighted by Crippen LogP contribution is -2.37. The van der Waals surface area contributed by atoms with E-state index in [0.29, 0.717) is 5.82 Å². The van der Waals surface area contributed by atoms with Crippen molar-refractivity contribution in [3.8, 4) is 11.1 Å². The van der Waals surface area contributed by atoms with Crippen LogP contribution in [0.3, 0.4) is 0 Å². The number of hydrogen-bond donors (Lipinski definition) is 2. The zero-order chi connectivity index (χ0) is 21.9. The second-order valence-corrected chi connectivity index (χ2v) is 9.13. The third-order valence-corrected chi connectivity index (χ3v) is 6.84. The van der Waals surface area contributed by atoms with E-state index < -0.39 is 0 Å². The summed E-state index contributed by atoms with van der Waals surface area (Å²) in [7, 11) is 2.03. The Bertz CT molecular complexity index is 1100. The largest absolute Gasteiger partial charge is 0.316 e. The van der Waals surface area contributed by atoms with Crippen molar-refractivity contribution in [2.45, 2.75) is 38.6 Å². The summed E-state index contributed by atoms with van der Waals surface area (Å²) in [5.41, 5.74) is 3.58. The molecule has 168 valence electrons. The van der Waals surface area contributed by atoms with Crippen LogP contribution in [0.5, 0.6) is 0 Å². The monoisotopic (exact) mass is 432 g/mol. The number of aromatic nitrogens is 3. The van der Waals surface area contributed by atoms with Gasteiger partial charge in [0.25, 0.3) is 0 Å². The first-order valence-corrected chi connectivity index (χ1v) is 11.8. The molecular weight excluding hydrogens is 400 g/mol. The maximum Gasteiger partial charge on any atom is 0.229 e. The third-order valence-electron chi connectivity index (χ3n) is 6.84. The van der Waals surface area contributed by atoms with Crippen molar-refractivity contribution in [1.82, 2.24) is 25.0 Å². The predicted octanol–water partition coefficient (Wildman–Crippen LogP) is 3.56. The number of pyridine rings is 1. The first-order chi connectivity index (χ1) is 15.7. The van der Waals surface area contributed by atoms with Crippen LogP contribution in [0, 0.1) is 5.92 Å². The molecular formula is C25H32N6O. The number of piperidine rings is 2. The van der Waals surface area contributed by atoms with Gasteiger partial charge in [0.15, 0.2) is 0 Å². The number of nitrogens with zero attached hydrogens (tertiary/aromatic N) is 4. The fraction of sp³-hybridized carbons (Fsp3) is 0.480. The second-order valence-electron chi connectivity index (χ2n) is 9.13. The molecule has 2 N–H and O–H groups in total. The minimum atomic E-state index is 0.0142. The lowest BCUT2D eigenvalue weighted by molar-refractivity contribution is -0.120. The summed E-state index contributed by atoms with van der Waals surface area (Å²) in [5, 5.41) is 13.0. The van der Waals surface area contributed by atoms with Gasteiger partial charge in [-0.1, -0.05) is 18.6 Å². The molecule has 2 aliphatic heterocycles. The predicted molar refractivity (Wildman–Crippen MR) is 127 cm³/mol. The van der Waals surface area contributed by atoms with Gasteiger partial charge in [-0.15, -0.1) is 0 Å². The highest BCUT2D eigenvalue weighted by molar-refractivity contribution is 5.95. The SMILES string of the molecule is Cn1ncc(-c2ccc3cnc(NC(=O)[C@@H]4CCCNC4)cc3c2)c1CN1CCCCC1. The number of hydrogen-bond acceptors (Lipinski definition) is 5. The molecule has 0 bridgehead atoms. The fourth-order valence-corrected chi connectivity index (χ4v) is 4.90. The standard InChI is InChI=1S/C25H32N6O/c1-30-23(17-31-10-3-2-4-11-31)22(16-28-30)18-7-8-19-15-27-24(13-21(19)12-18)29-25(32)20-6-5-9-26-14-20/h7-8,12-13,15-16,20,26H,2-6,9-11,14,17H2,1H3,(H,27,29,32)/t20-/m1/s1. The number of carbonyl (C=O) groups is 1. The molecule has 7 nitrogen and oxygen atoms in total. The van der Waals surface area contributed by atoms with Gasteiger partial charge in [-0.3, -0.25) is 14.4 Å². The summed E-state index contributed by atoms with van der Waals surface area (Å²) >= 11 is 0. The molecule has 3 aromatic rings. The molecule has 5 rings (SSSR count). The quantitative estimate of drug-likeness (QED) is 0.645. The molecule has 2 saturated heterocycles. The van der Waals surface area contributed by atoms with E-state index in [1.54, 1.807) is 0 Å². The van der Waals surface area contributed by atoms with Crippen molar-refractivity contribution in [2.24, 2.45) is 13.0 Å². The zero-order valence-corrected chi connectivity index (χ0v) is 18.8. The number of likely N-dealkylation sites (tertiary alicyclic amines) is 1. The van der Waals surface area contributed by atoms with Crippen LogP contribution in [0.4, 0.5) is 5.82 Å². The number of aryl methyl sites for hydroxylation is 1. The van der Waals surface area contributed by atoms with Crippen molar-refractivity contribution in [3.05, 3.63) is 42.4 Å². The molecule has 0 radical (unpaired) electrons. The summed E-state index contributed by atoms with van der Waals surface area (Å²) in [6, 6.07) is 8.41. The van der Waals surface area contributed by atoms with Gasteiger partial charge < -0.3 is 10.6 Å². The number of benzene rings is 1. The maximum atomic E-state index is 12.6. The topological polar surface area (TPSA) is 75.1 Å². The molecule has 0 saturated carbocycles. The number of nitrogens with one attached hydrogen (secondary N) is 2. The van der Waals surface area contributed by atoms with Gasteiger partial charge in [0.1, 0.15) is 5.82 Å². The van der Waals surface area contributed by atoms with Crippen molar-refractivity contribution < 1.29 is 4.79 Å². The van der Waals surface area contributed by atoms with Gasteiger partial charge in [-0.2, -0.15) is 5.10 Å². The zero-order valence-electron chi connectivity index (χ0n) is 18.8. The Morgan fingerprint density at radius 3 is 2.81 bits per heavy atom. The molecule has 7 heteroatoms. The van der Waals surface area contributed by atoms with E-state index in [9.17, 15) is 4.79 Å². The Kier molecular flexibility index (Phi) is 6.19. The van der Waals surface area contributed by atoms with Gasteiger partial charge in [-0.05, 0) is 68.4 Å². The number of carbonyl (C=O) groups excluding carboxylic acids is 1. The molecule has 0 spiro atoms. The van der Waals surface area contributed by atoms with E-state index in [-0.39, 0.29) is 11.8 Å². The van der Waals surface area contributed by atoms with E-state index in [1.165, 1.54) is 30.5 Å². The van der Waals surface area contributed by atoms with Crippen LogP contribution in [0.25, 0.3) is 21.9 Å². The molecule has 2 aliphatic rings. The molecule has 0 unspecified atom stereocenters. The number of fused-ring (bicyclic) bond motifs is 1. The van der Waals surface area contributed by atoms with Crippen molar-refractivity contribution in [3.63, 3.8) is 0 Å². The molecule has 2 fully saturated rings. The first-order valence-electron chi connectivity index (χ1n) is 11.8. The molecule has 1 atom stereocenters. The van der Waals surface area contributed by atoms with E-state index in [1.807, 2.05) is 30.2 Å². The van der Waals surface area contributed by atoms with E-state index in [4.69, 9.17) is 0 Å². The number of anilines is 1. The summed E-state index contributed by atoms with van der Waals surface area (Å²) < 4.78 is 2.00. The van der Waals surface area contributed by atoms with Crippen LogP contribution < -0.4 is 10.6 Å². The van der Waals surface area contributed by atoms with Crippen LogP contribution in [-0.4, -0.2) is 51.8 Å². The van der Waals surface area contributed by atoms with Gasteiger partial charge in [0, 0.05) is 37.3 Å². The summed E-state index contributed by atoms with van der Waals surface area (Å²) in [4.78, 5) is 19.6. The molecule has 32 heavy (non-hydrogen) atoms. The minimum Gasteiger partial charge on any atom is -0.316 e. The van der Waals surface area contributed by atoms with Crippen LogP contribution in [0.15, 0.2) is 36.7 Å². The number of rotatable bonds is 5. The minimum absolute atomic E-state index is 0.0142. The van der Waals surface area contributed by atoms with Crippen LogP contribution in [0.1, 0.15) is 37.8 Å². The average molecular weight is 433 g/mol. The van der Waals surface area contributed by atoms with Gasteiger partial charge in [-0.25, -0.2) is 4.98 Å². The highest BCUT2D eigenvalue weighted by atomic mass is 16.2. The Labute approximate surface area is 189 Å². The maximum absolute atomic E-state index is 12.6. The second kappa shape index (κ2) is 9.38. The smallest absolute Gasteiger partial charge is 0.229 e. The molecule has 4 heterocycles. The first kappa shape index (κ1) is 21.1. The average Bonchev–Trinajstić information content (AvgIpc) is 3.19. The number of amides is 1.